The fourth-order valence-electron chi connectivity index (χ4n) is 2.30. The molecule has 2 unspecified atom stereocenters. The van der Waals surface area contributed by atoms with Gasteiger partial charge in [0.15, 0.2) is 0 Å². The maximum atomic E-state index is 10.7. The summed E-state index contributed by atoms with van der Waals surface area (Å²) in [6, 6.07) is 0. The molecule has 2 nitrogen and oxygen atoms in total. The Balaban J connectivity index is 3.51. The minimum absolute atomic E-state index is 0.206. The van der Waals surface area contributed by atoms with Crippen molar-refractivity contribution in [3.05, 3.63) is 0 Å². The van der Waals surface area contributed by atoms with E-state index in [4.69, 9.17) is 5.11 Å². The summed E-state index contributed by atoms with van der Waals surface area (Å²) in [5.74, 6) is 1.92. The van der Waals surface area contributed by atoms with Gasteiger partial charge in [0.2, 0.25) is 0 Å². The molecule has 0 radical (unpaired) electrons. The molecule has 0 amide bonds. The van der Waals surface area contributed by atoms with Crippen molar-refractivity contribution < 1.29 is 9.90 Å². The molecule has 0 aromatic heterocycles. The van der Waals surface area contributed by atoms with Crippen molar-refractivity contribution >= 4 is 17.7 Å². The van der Waals surface area contributed by atoms with E-state index in [1.807, 2.05) is 0 Å². The molecule has 0 fully saturated rings. The highest BCUT2D eigenvalue weighted by Crippen LogP contribution is 2.22. The molecule has 0 saturated heterocycles. The fourth-order valence-corrected chi connectivity index (χ4v) is 3.37. The highest BCUT2D eigenvalue weighted by molar-refractivity contribution is 7.99. The van der Waals surface area contributed by atoms with Gasteiger partial charge in [0.1, 0.15) is 0 Å². The van der Waals surface area contributed by atoms with Crippen molar-refractivity contribution in [2.24, 2.45) is 11.8 Å². The molecule has 114 valence electrons. The van der Waals surface area contributed by atoms with E-state index < -0.39 is 5.97 Å². The Kier molecular flexibility index (Phi) is 12.7. The molecular formula is C16H32O2S. The van der Waals surface area contributed by atoms with Crippen LogP contribution in [0.25, 0.3) is 0 Å². The summed E-state index contributed by atoms with van der Waals surface area (Å²) in [5.41, 5.74) is 0. The summed E-state index contributed by atoms with van der Waals surface area (Å²) in [6.07, 6.45) is 10.7. The highest BCUT2D eigenvalue weighted by atomic mass is 32.2. The van der Waals surface area contributed by atoms with E-state index in [0.29, 0.717) is 0 Å². The second kappa shape index (κ2) is 12.8. The Morgan fingerprint density at radius 3 is 2.32 bits per heavy atom. The number of aliphatic carboxylic acids is 1. The van der Waals surface area contributed by atoms with Crippen LogP contribution in [0.15, 0.2) is 0 Å². The predicted octanol–water partition coefficient (Wildman–Crippen LogP) is 5.22. The molecule has 0 spiro atoms. The van der Waals surface area contributed by atoms with Gasteiger partial charge in [-0.05, 0) is 18.1 Å². The highest BCUT2D eigenvalue weighted by Gasteiger charge is 2.10. The van der Waals surface area contributed by atoms with E-state index >= 15 is 0 Å². The van der Waals surface area contributed by atoms with Gasteiger partial charge in [-0.1, -0.05) is 65.7 Å². The zero-order valence-electron chi connectivity index (χ0n) is 13.0. The molecule has 1 N–H and O–H groups in total. The quantitative estimate of drug-likeness (QED) is 0.472. The smallest absolute Gasteiger partial charge is 0.307 e. The van der Waals surface area contributed by atoms with Crippen LogP contribution < -0.4 is 0 Å². The number of thioether (sulfide) groups is 1. The molecule has 0 aromatic rings. The van der Waals surface area contributed by atoms with Gasteiger partial charge in [-0.3, -0.25) is 4.79 Å². The molecule has 0 bridgehead atoms. The zero-order chi connectivity index (χ0) is 14.5. The minimum atomic E-state index is -0.671. The Labute approximate surface area is 123 Å². The average molecular weight is 288 g/mol. The monoisotopic (exact) mass is 288 g/mol. The molecular weight excluding hydrogens is 256 g/mol. The number of carboxylic acid groups (broad SMARTS) is 1. The Morgan fingerprint density at radius 2 is 1.74 bits per heavy atom. The van der Waals surface area contributed by atoms with Crippen molar-refractivity contribution in [3.63, 3.8) is 0 Å². The molecule has 0 aliphatic heterocycles. The lowest BCUT2D eigenvalue weighted by Gasteiger charge is -2.15. The first-order valence-corrected chi connectivity index (χ1v) is 9.07. The summed E-state index contributed by atoms with van der Waals surface area (Å²) in [5, 5.41) is 8.79. The Morgan fingerprint density at radius 1 is 1.05 bits per heavy atom. The van der Waals surface area contributed by atoms with Crippen molar-refractivity contribution in [3.8, 4) is 0 Å². The fraction of sp³-hybridized carbons (Fsp3) is 0.938. The topological polar surface area (TPSA) is 37.3 Å². The van der Waals surface area contributed by atoms with Gasteiger partial charge in [-0.15, -0.1) is 0 Å². The number of hydrogen-bond donors (Lipinski definition) is 1. The number of rotatable bonds is 13. The van der Waals surface area contributed by atoms with Crippen molar-refractivity contribution in [1.82, 2.24) is 0 Å². The largest absolute Gasteiger partial charge is 0.481 e. The molecule has 2 atom stereocenters. The van der Waals surface area contributed by atoms with Crippen LogP contribution in [0.4, 0.5) is 0 Å². The normalized spacial score (nSPS) is 14.3. The third-order valence-corrected chi connectivity index (χ3v) is 4.92. The number of hydrogen-bond acceptors (Lipinski definition) is 2. The van der Waals surface area contributed by atoms with Gasteiger partial charge >= 0.3 is 5.97 Å². The van der Waals surface area contributed by atoms with Crippen LogP contribution in [0.3, 0.4) is 0 Å². The van der Waals surface area contributed by atoms with E-state index in [0.717, 1.165) is 17.4 Å². The number of unbranched alkanes of at least 4 members (excludes halogenated alkanes) is 2. The van der Waals surface area contributed by atoms with Crippen LogP contribution in [0.1, 0.15) is 72.1 Å². The Bertz CT molecular complexity index is 219. The van der Waals surface area contributed by atoms with Crippen LogP contribution >= 0.6 is 11.8 Å². The molecule has 0 aliphatic carbocycles. The van der Waals surface area contributed by atoms with Crippen molar-refractivity contribution in [2.45, 2.75) is 72.1 Å². The first kappa shape index (κ1) is 18.8. The van der Waals surface area contributed by atoms with Crippen molar-refractivity contribution in [2.75, 3.05) is 11.5 Å². The summed E-state index contributed by atoms with van der Waals surface area (Å²) in [7, 11) is 0. The number of carbonyl (C=O) groups is 1. The Hall–Kier alpha value is -0.180. The standard InChI is InChI=1S/C16H32O2S/c1-4-6-10-15(9-5-2)11-7-8-12-19-13-14(3)16(17)18/h14-15H,4-13H2,1-3H3,(H,17,18). The second-order valence-electron chi connectivity index (χ2n) is 5.61. The molecule has 0 aliphatic rings. The second-order valence-corrected chi connectivity index (χ2v) is 6.76. The minimum Gasteiger partial charge on any atom is -0.481 e. The van der Waals surface area contributed by atoms with E-state index in [2.05, 4.69) is 13.8 Å². The molecule has 0 aromatic carbocycles. The third kappa shape index (κ3) is 11.4. The summed E-state index contributed by atoms with van der Waals surface area (Å²) in [6.45, 7) is 6.34. The van der Waals surface area contributed by atoms with Gasteiger partial charge in [-0.2, -0.15) is 11.8 Å². The number of carboxylic acids is 1. The third-order valence-electron chi connectivity index (χ3n) is 3.60. The lowest BCUT2D eigenvalue weighted by atomic mass is 9.92. The van der Waals surface area contributed by atoms with Crippen molar-refractivity contribution in [1.29, 1.82) is 0 Å². The summed E-state index contributed by atoms with van der Waals surface area (Å²) < 4.78 is 0. The SMILES string of the molecule is CCCCC(CCC)CCCCSCC(C)C(=O)O. The van der Waals surface area contributed by atoms with E-state index in [-0.39, 0.29) is 5.92 Å². The van der Waals surface area contributed by atoms with Crippen LogP contribution in [-0.2, 0) is 4.79 Å². The molecule has 0 saturated carbocycles. The molecule has 19 heavy (non-hydrogen) atoms. The zero-order valence-corrected chi connectivity index (χ0v) is 13.8. The van der Waals surface area contributed by atoms with E-state index in [1.165, 1.54) is 51.4 Å². The van der Waals surface area contributed by atoms with Gasteiger partial charge in [-0.25, -0.2) is 0 Å². The van der Waals surface area contributed by atoms with Gasteiger partial charge in [0.25, 0.3) is 0 Å². The van der Waals surface area contributed by atoms with E-state index in [1.54, 1.807) is 18.7 Å². The summed E-state index contributed by atoms with van der Waals surface area (Å²) in [4.78, 5) is 10.7. The average Bonchev–Trinajstić information content (AvgIpc) is 2.39. The first-order valence-electron chi connectivity index (χ1n) is 7.92. The van der Waals surface area contributed by atoms with E-state index in [9.17, 15) is 4.79 Å². The van der Waals surface area contributed by atoms with Gasteiger partial charge in [0.05, 0.1) is 5.92 Å². The maximum Gasteiger partial charge on any atom is 0.307 e. The summed E-state index contributed by atoms with van der Waals surface area (Å²) >= 11 is 1.79. The van der Waals surface area contributed by atoms with Crippen LogP contribution in [0.5, 0.6) is 0 Å². The molecule has 0 heterocycles. The van der Waals surface area contributed by atoms with Crippen LogP contribution in [0.2, 0.25) is 0 Å². The van der Waals surface area contributed by atoms with Crippen LogP contribution in [0, 0.1) is 11.8 Å². The van der Waals surface area contributed by atoms with Gasteiger partial charge < -0.3 is 5.11 Å². The first-order chi connectivity index (χ1) is 9.11. The predicted molar refractivity (Wildman–Crippen MR) is 85.9 cm³/mol. The van der Waals surface area contributed by atoms with Crippen LogP contribution in [-0.4, -0.2) is 22.6 Å². The molecule has 0 rings (SSSR count). The lowest BCUT2D eigenvalue weighted by molar-refractivity contribution is -0.140. The van der Waals surface area contributed by atoms with Gasteiger partial charge in [0, 0.05) is 5.75 Å². The lowest BCUT2D eigenvalue weighted by Crippen LogP contribution is -2.12. The maximum absolute atomic E-state index is 10.7. The molecule has 3 heteroatoms.